The maximum absolute atomic E-state index is 12.7. The second kappa shape index (κ2) is 6.75. The van der Waals surface area contributed by atoms with Crippen LogP contribution in [0.4, 0.5) is 13.6 Å². The van der Waals surface area contributed by atoms with Crippen molar-refractivity contribution in [3.8, 4) is 5.75 Å². The van der Waals surface area contributed by atoms with Crippen molar-refractivity contribution in [3.63, 3.8) is 0 Å². The fourth-order valence-corrected chi connectivity index (χ4v) is 1.94. The highest BCUT2D eigenvalue weighted by Crippen LogP contribution is 2.33. The highest BCUT2D eigenvalue weighted by Gasteiger charge is 2.16. The molecule has 22 heavy (non-hydrogen) atoms. The summed E-state index contributed by atoms with van der Waals surface area (Å²) in [4.78, 5) is 11.0. The molecule has 0 unspecified atom stereocenters. The number of hydrazine groups is 1. The molecule has 2 N–H and O–H groups in total. The number of methoxy groups -OCH3 is 1. The van der Waals surface area contributed by atoms with Crippen molar-refractivity contribution in [1.29, 1.82) is 0 Å². The third-order valence-electron chi connectivity index (χ3n) is 2.91. The smallest absolute Gasteiger partial charge is 0.425 e. The zero-order valence-corrected chi connectivity index (χ0v) is 11.7. The van der Waals surface area contributed by atoms with E-state index >= 15 is 0 Å². The van der Waals surface area contributed by atoms with Crippen LogP contribution < -0.4 is 15.6 Å². The maximum Gasteiger partial charge on any atom is 0.425 e. The zero-order valence-electron chi connectivity index (χ0n) is 11.7. The first-order chi connectivity index (χ1) is 10.5. The minimum absolute atomic E-state index is 0.0164. The van der Waals surface area contributed by atoms with Crippen LogP contribution in [0.1, 0.15) is 5.56 Å². The van der Waals surface area contributed by atoms with Crippen molar-refractivity contribution < 1.29 is 23.0 Å². The van der Waals surface area contributed by atoms with Crippen LogP contribution in [0, 0.1) is 0 Å². The van der Waals surface area contributed by atoms with Gasteiger partial charge in [-0.3, -0.25) is 5.43 Å². The molecule has 1 amide bonds. The lowest BCUT2D eigenvalue weighted by Crippen LogP contribution is -2.35. The zero-order chi connectivity index (χ0) is 16.1. The second-order valence-corrected chi connectivity index (χ2v) is 4.26. The Morgan fingerprint density at radius 2 is 1.91 bits per heavy atom. The second-order valence-electron chi connectivity index (χ2n) is 4.26. The van der Waals surface area contributed by atoms with Crippen molar-refractivity contribution in [1.82, 2.24) is 10.9 Å². The molecule has 116 valence electrons. The van der Waals surface area contributed by atoms with Gasteiger partial charge < -0.3 is 9.47 Å². The Kier molecular flexibility index (Phi) is 4.77. The van der Waals surface area contributed by atoms with Crippen molar-refractivity contribution >= 4 is 22.6 Å². The summed E-state index contributed by atoms with van der Waals surface area (Å²) in [6.45, 7) is 0.719. The average Bonchev–Trinajstić information content (AvgIpc) is 2.52. The fourth-order valence-electron chi connectivity index (χ4n) is 1.94. The molecule has 0 heterocycles. The number of benzene rings is 2. The SMILES string of the molecule is C=C(NNC(=O)OC)c1ccc2ccccc2c1OC(F)F. The lowest BCUT2D eigenvalue weighted by molar-refractivity contribution is -0.0490. The Balaban J connectivity index is 2.39. The largest absolute Gasteiger partial charge is 0.452 e. The summed E-state index contributed by atoms with van der Waals surface area (Å²) in [5.41, 5.74) is 5.18. The number of hydrogen-bond acceptors (Lipinski definition) is 4. The van der Waals surface area contributed by atoms with Crippen LogP contribution in [0.25, 0.3) is 16.5 Å². The third kappa shape index (κ3) is 3.43. The topological polar surface area (TPSA) is 59.6 Å². The predicted molar refractivity (Wildman–Crippen MR) is 78.3 cm³/mol. The molecule has 0 aliphatic carbocycles. The number of carbonyl (C=O) groups is 1. The molecular weight excluding hydrogens is 294 g/mol. The van der Waals surface area contributed by atoms with E-state index in [-0.39, 0.29) is 11.4 Å². The molecule has 2 aromatic carbocycles. The highest BCUT2D eigenvalue weighted by atomic mass is 19.3. The molecule has 0 aliphatic heterocycles. The molecule has 0 bridgehead atoms. The van der Waals surface area contributed by atoms with Gasteiger partial charge in [-0.1, -0.05) is 36.9 Å². The first-order valence-electron chi connectivity index (χ1n) is 6.28. The molecule has 0 saturated heterocycles. The highest BCUT2D eigenvalue weighted by molar-refractivity contribution is 5.93. The Morgan fingerprint density at radius 3 is 2.59 bits per heavy atom. The molecule has 2 rings (SSSR count). The van der Waals surface area contributed by atoms with Gasteiger partial charge in [-0.25, -0.2) is 10.2 Å². The van der Waals surface area contributed by atoms with E-state index in [1.807, 2.05) is 0 Å². The standard InChI is InChI=1S/C15H14F2N2O3/c1-9(18-19-15(20)21-2)11-8-7-10-5-3-4-6-12(10)13(11)22-14(16)17/h3-8,14,18H,1H2,2H3,(H,19,20). The molecule has 7 heteroatoms. The number of ether oxygens (including phenoxy) is 2. The summed E-state index contributed by atoms with van der Waals surface area (Å²) >= 11 is 0. The number of nitrogens with one attached hydrogen (secondary N) is 2. The lowest BCUT2D eigenvalue weighted by atomic mass is 10.0. The summed E-state index contributed by atoms with van der Waals surface area (Å²) < 4.78 is 34.4. The maximum atomic E-state index is 12.7. The lowest BCUT2D eigenvalue weighted by Gasteiger charge is -2.16. The molecular formula is C15H14F2N2O3. The van der Waals surface area contributed by atoms with Gasteiger partial charge in [0.25, 0.3) is 0 Å². The third-order valence-corrected chi connectivity index (χ3v) is 2.91. The van der Waals surface area contributed by atoms with E-state index in [1.165, 1.54) is 7.11 Å². The molecule has 0 atom stereocenters. The number of rotatable bonds is 5. The minimum Gasteiger partial charge on any atom is -0.452 e. The van der Waals surface area contributed by atoms with Gasteiger partial charge in [0.2, 0.25) is 0 Å². The van der Waals surface area contributed by atoms with E-state index in [2.05, 4.69) is 26.9 Å². The van der Waals surface area contributed by atoms with Crippen molar-refractivity contribution in [2.24, 2.45) is 0 Å². The normalized spacial score (nSPS) is 10.4. The molecule has 0 fully saturated rings. The van der Waals surface area contributed by atoms with Gasteiger partial charge in [-0.2, -0.15) is 8.78 Å². The first kappa shape index (κ1) is 15.6. The van der Waals surface area contributed by atoms with Gasteiger partial charge >= 0.3 is 12.7 Å². The summed E-state index contributed by atoms with van der Waals surface area (Å²) in [7, 11) is 1.20. The molecule has 5 nitrogen and oxygen atoms in total. The van der Waals surface area contributed by atoms with Crippen LogP contribution >= 0.6 is 0 Å². The van der Waals surface area contributed by atoms with E-state index in [4.69, 9.17) is 0 Å². The van der Waals surface area contributed by atoms with Gasteiger partial charge in [-0.05, 0) is 11.5 Å². The molecule has 2 aromatic rings. The van der Waals surface area contributed by atoms with E-state index in [0.29, 0.717) is 10.9 Å². The Bertz CT molecular complexity index is 704. The van der Waals surface area contributed by atoms with Crippen LogP contribution in [-0.2, 0) is 4.74 Å². The van der Waals surface area contributed by atoms with Crippen molar-refractivity contribution in [3.05, 3.63) is 48.5 Å². The summed E-state index contributed by atoms with van der Waals surface area (Å²) in [5.74, 6) is -0.0164. The van der Waals surface area contributed by atoms with Gasteiger partial charge in [0, 0.05) is 10.9 Å². The minimum atomic E-state index is -2.98. The van der Waals surface area contributed by atoms with E-state index in [0.717, 1.165) is 5.39 Å². The van der Waals surface area contributed by atoms with E-state index < -0.39 is 12.7 Å². The number of carbonyl (C=O) groups excluding carboxylic acids is 1. The van der Waals surface area contributed by atoms with E-state index in [1.54, 1.807) is 36.4 Å². The van der Waals surface area contributed by atoms with Crippen molar-refractivity contribution in [2.45, 2.75) is 6.61 Å². The van der Waals surface area contributed by atoms with Crippen LogP contribution in [-0.4, -0.2) is 19.8 Å². The van der Waals surface area contributed by atoms with Crippen LogP contribution in [0.2, 0.25) is 0 Å². The van der Waals surface area contributed by atoms with Gasteiger partial charge in [0.15, 0.2) is 0 Å². The number of fused-ring (bicyclic) bond motifs is 1. The van der Waals surface area contributed by atoms with Gasteiger partial charge in [0.1, 0.15) is 5.75 Å². The number of halogens is 2. The van der Waals surface area contributed by atoms with E-state index in [9.17, 15) is 13.6 Å². The summed E-state index contributed by atoms with van der Waals surface area (Å²) in [6, 6.07) is 10.3. The molecule has 0 radical (unpaired) electrons. The van der Waals surface area contributed by atoms with Gasteiger partial charge in [-0.15, -0.1) is 0 Å². The van der Waals surface area contributed by atoms with Crippen LogP contribution in [0.5, 0.6) is 5.75 Å². The molecule has 0 aliphatic rings. The molecule has 0 spiro atoms. The van der Waals surface area contributed by atoms with Crippen LogP contribution in [0.15, 0.2) is 43.0 Å². The predicted octanol–water partition coefficient (Wildman–Crippen LogP) is 3.27. The Hall–Kier alpha value is -2.83. The Morgan fingerprint density at radius 1 is 1.18 bits per heavy atom. The molecule has 0 aromatic heterocycles. The first-order valence-corrected chi connectivity index (χ1v) is 6.28. The van der Waals surface area contributed by atoms with Gasteiger partial charge in [0.05, 0.1) is 12.8 Å². The number of amides is 1. The fraction of sp³-hybridized carbons (Fsp3) is 0.133. The summed E-state index contributed by atoms with van der Waals surface area (Å²) in [6.07, 6.45) is -0.738. The quantitative estimate of drug-likeness (QED) is 0.832. The monoisotopic (exact) mass is 308 g/mol. The number of alkyl halides is 2. The summed E-state index contributed by atoms with van der Waals surface area (Å²) in [5, 5.41) is 1.26. The Labute approximate surface area is 125 Å². The average molecular weight is 308 g/mol. The van der Waals surface area contributed by atoms with Crippen LogP contribution in [0.3, 0.4) is 0 Å². The number of hydrogen-bond donors (Lipinski definition) is 2. The molecule has 0 saturated carbocycles. The van der Waals surface area contributed by atoms with Crippen molar-refractivity contribution in [2.75, 3.05) is 7.11 Å².